The van der Waals surface area contributed by atoms with Crippen molar-refractivity contribution in [1.82, 2.24) is 10.2 Å². The highest BCUT2D eigenvalue weighted by Crippen LogP contribution is 2.22. The minimum Gasteiger partial charge on any atom is -0.366 e. The van der Waals surface area contributed by atoms with Gasteiger partial charge in [0.15, 0.2) is 0 Å². The molecule has 0 aromatic heterocycles. The van der Waals surface area contributed by atoms with E-state index in [1.165, 1.54) is 12.1 Å². The van der Waals surface area contributed by atoms with Crippen LogP contribution in [0.15, 0.2) is 18.2 Å². The minimum atomic E-state index is -0.657. The second-order valence-electron chi connectivity index (χ2n) is 5.06. The van der Waals surface area contributed by atoms with E-state index in [4.69, 9.17) is 5.73 Å². The Hall–Kier alpha value is -1.99. The third-order valence-electron chi connectivity index (χ3n) is 3.41. The number of nitro groups is 1. The van der Waals surface area contributed by atoms with E-state index in [1.807, 2.05) is 0 Å². The first-order valence-electron chi connectivity index (χ1n) is 6.50. The molecule has 0 bridgehead atoms. The summed E-state index contributed by atoms with van der Waals surface area (Å²) >= 11 is 0. The van der Waals surface area contributed by atoms with Crippen molar-refractivity contribution in [2.75, 3.05) is 19.6 Å². The van der Waals surface area contributed by atoms with Crippen LogP contribution in [0.25, 0.3) is 0 Å². The smallest absolute Gasteiger partial charge is 0.274 e. The van der Waals surface area contributed by atoms with Gasteiger partial charge < -0.3 is 11.1 Å². The molecule has 7 heteroatoms. The first-order chi connectivity index (χ1) is 9.47. The van der Waals surface area contributed by atoms with Crippen LogP contribution >= 0.6 is 0 Å². The summed E-state index contributed by atoms with van der Waals surface area (Å²) < 4.78 is 0. The highest BCUT2D eigenvalue weighted by atomic mass is 16.6. The molecule has 0 saturated carbocycles. The van der Waals surface area contributed by atoms with Crippen molar-refractivity contribution in [3.63, 3.8) is 0 Å². The van der Waals surface area contributed by atoms with Gasteiger partial charge in [0.1, 0.15) is 0 Å². The van der Waals surface area contributed by atoms with E-state index >= 15 is 0 Å². The Morgan fingerprint density at radius 3 is 2.95 bits per heavy atom. The van der Waals surface area contributed by atoms with E-state index in [0.717, 1.165) is 19.6 Å². The maximum Gasteiger partial charge on any atom is 0.274 e. The fourth-order valence-corrected chi connectivity index (χ4v) is 2.42. The number of hydrogen-bond acceptors (Lipinski definition) is 5. The number of rotatable bonds is 4. The molecule has 1 aromatic carbocycles. The number of carbonyl (C=O) groups excluding carboxylic acids is 1. The summed E-state index contributed by atoms with van der Waals surface area (Å²) in [7, 11) is 0. The second kappa shape index (κ2) is 5.98. The van der Waals surface area contributed by atoms with Crippen molar-refractivity contribution in [2.24, 2.45) is 5.73 Å². The van der Waals surface area contributed by atoms with Crippen molar-refractivity contribution >= 4 is 11.6 Å². The number of carbonyl (C=O) groups is 1. The topological polar surface area (TPSA) is 102 Å². The molecule has 1 heterocycles. The van der Waals surface area contributed by atoms with Gasteiger partial charge in [-0.15, -0.1) is 0 Å². The predicted molar refractivity (Wildman–Crippen MR) is 74.4 cm³/mol. The standard InChI is InChI=1S/C13H18N4O3/c1-9-7-16(5-4-15-9)8-11-3-2-10(13(14)18)6-12(11)17(19)20/h2-3,6,9,15H,4-5,7-8H2,1H3,(H2,14,18)/t9-/m1/s1. The third kappa shape index (κ3) is 3.31. The van der Waals surface area contributed by atoms with Gasteiger partial charge in [-0.05, 0) is 13.0 Å². The highest BCUT2D eigenvalue weighted by Gasteiger charge is 2.21. The summed E-state index contributed by atoms with van der Waals surface area (Å²) in [4.78, 5) is 23.9. The average Bonchev–Trinajstić information content (AvgIpc) is 2.38. The third-order valence-corrected chi connectivity index (χ3v) is 3.41. The zero-order chi connectivity index (χ0) is 14.7. The summed E-state index contributed by atoms with van der Waals surface area (Å²) in [5.41, 5.74) is 5.87. The molecule has 2 rings (SSSR count). The van der Waals surface area contributed by atoms with Gasteiger partial charge in [0.2, 0.25) is 5.91 Å². The van der Waals surface area contributed by atoms with Crippen molar-refractivity contribution in [3.8, 4) is 0 Å². The Balaban J connectivity index is 2.22. The van der Waals surface area contributed by atoms with Gasteiger partial charge in [-0.2, -0.15) is 0 Å². The molecule has 1 atom stereocenters. The molecule has 20 heavy (non-hydrogen) atoms. The fourth-order valence-electron chi connectivity index (χ4n) is 2.42. The van der Waals surface area contributed by atoms with Gasteiger partial charge >= 0.3 is 0 Å². The number of benzene rings is 1. The van der Waals surface area contributed by atoms with Crippen LogP contribution in [0.2, 0.25) is 0 Å². The van der Waals surface area contributed by atoms with Crippen molar-refractivity contribution in [1.29, 1.82) is 0 Å². The number of primary amides is 1. The number of piperazine rings is 1. The van der Waals surface area contributed by atoms with Gasteiger partial charge in [0.05, 0.1) is 4.92 Å². The number of amides is 1. The lowest BCUT2D eigenvalue weighted by molar-refractivity contribution is -0.385. The van der Waals surface area contributed by atoms with Crippen molar-refractivity contribution in [2.45, 2.75) is 19.5 Å². The summed E-state index contributed by atoms with van der Waals surface area (Å²) in [5, 5.41) is 14.4. The maximum absolute atomic E-state index is 11.1. The van der Waals surface area contributed by atoms with Crippen LogP contribution in [0.5, 0.6) is 0 Å². The molecule has 1 amide bonds. The molecule has 3 N–H and O–H groups in total. The molecule has 7 nitrogen and oxygen atoms in total. The van der Waals surface area contributed by atoms with Crippen molar-refractivity contribution < 1.29 is 9.72 Å². The first kappa shape index (κ1) is 14.4. The van der Waals surface area contributed by atoms with E-state index < -0.39 is 10.8 Å². The van der Waals surface area contributed by atoms with Crippen LogP contribution < -0.4 is 11.1 Å². The Bertz CT molecular complexity index is 532. The summed E-state index contributed by atoms with van der Waals surface area (Å²) in [6, 6.07) is 4.78. The molecule has 1 aliphatic rings. The van der Waals surface area contributed by atoms with E-state index in [0.29, 0.717) is 18.2 Å². The number of nitro benzene ring substituents is 1. The normalized spacial score (nSPS) is 19.8. The molecule has 0 unspecified atom stereocenters. The molecule has 1 aromatic rings. The van der Waals surface area contributed by atoms with Crippen LogP contribution in [0.1, 0.15) is 22.8 Å². The zero-order valence-corrected chi connectivity index (χ0v) is 11.3. The molecule has 0 aliphatic carbocycles. The average molecular weight is 278 g/mol. The molecule has 108 valence electrons. The van der Waals surface area contributed by atoms with Crippen LogP contribution in [0.3, 0.4) is 0 Å². The van der Waals surface area contributed by atoms with Crippen molar-refractivity contribution in [3.05, 3.63) is 39.4 Å². The lowest BCUT2D eigenvalue weighted by Gasteiger charge is -2.31. The van der Waals surface area contributed by atoms with E-state index in [2.05, 4.69) is 17.1 Å². The SMILES string of the molecule is C[C@@H]1CN(Cc2ccc(C(N)=O)cc2[N+](=O)[O-])CCN1. The highest BCUT2D eigenvalue weighted by molar-refractivity contribution is 5.93. The monoisotopic (exact) mass is 278 g/mol. The fraction of sp³-hybridized carbons (Fsp3) is 0.462. The number of nitrogens with one attached hydrogen (secondary N) is 1. The van der Waals surface area contributed by atoms with Crippen LogP contribution in [0.4, 0.5) is 5.69 Å². The molecule has 1 aliphatic heterocycles. The maximum atomic E-state index is 11.1. The largest absolute Gasteiger partial charge is 0.366 e. The van der Waals surface area contributed by atoms with Crippen LogP contribution in [-0.4, -0.2) is 41.4 Å². The van der Waals surface area contributed by atoms with E-state index in [9.17, 15) is 14.9 Å². The summed E-state index contributed by atoms with van der Waals surface area (Å²) in [5.74, 6) is -0.657. The molecule has 0 radical (unpaired) electrons. The number of hydrogen-bond donors (Lipinski definition) is 2. The predicted octanol–water partition coefficient (Wildman–Crippen LogP) is 0.487. The quantitative estimate of drug-likeness (QED) is 0.616. The minimum absolute atomic E-state index is 0.0486. The summed E-state index contributed by atoms with van der Waals surface area (Å²) in [6.07, 6.45) is 0. The molecule has 0 spiro atoms. The molecular formula is C13H18N4O3. The Labute approximate surface area is 116 Å². The number of nitrogens with two attached hydrogens (primary N) is 1. The van der Waals surface area contributed by atoms with Crippen LogP contribution in [0, 0.1) is 10.1 Å². The zero-order valence-electron chi connectivity index (χ0n) is 11.3. The van der Waals surface area contributed by atoms with E-state index in [1.54, 1.807) is 6.07 Å². The van der Waals surface area contributed by atoms with Gasteiger partial charge in [-0.3, -0.25) is 19.8 Å². The Kier molecular flexibility index (Phi) is 4.31. The molecule has 1 saturated heterocycles. The van der Waals surface area contributed by atoms with Gasteiger partial charge in [0.25, 0.3) is 5.69 Å². The Morgan fingerprint density at radius 1 is 1.60 bits per heavy atom. The lowest BCUT2D eigenvalue weighted by atomic mass is 10.1. The van der Waals surface area contributed by atoms with Gasteiger partial charge in [-0.1, -0.05) is 6.07 Å². The first-order valence-corrected chi connectivity index (χ1v) is 6.50. The molecule has 1 fully saturated rings. The lowest BCUT2D eigenvalue weighted by Crippen LogP contribution is -2.48. The van der Waals surface area contributed by atoms with Gasteiger partial charge in [0, 0.05) is 49.4 Å². The molecular weight excluding hydrogens is 260 g/mol. The van der Waals surface area contributed by atoms with E-state index in [-0.39, 0.29) is 11.3 Å². The van der Waals surface area contributed by atoms with Gasteiger partial charge in [-0.25, -0.2) is 0 Å². The Morgan fingerprint density at radius 2 is 2.35 bits per heavy atom. The number of nitrogens with zero attached hydrogens (tertiary/aromatic N) is 2. The second-order valence-corrected chi connectivity index (χ2v) is 5.06. The summed E-state index contributed by atoms with van der Waals surface area (Å²) in [6.45, 7) is 5.14. The van der Waals surface area contributed by atoms with Crippen LogP contribution in [-0.2, 0) is 6.54 Å².